The van der Waals surface area contributed by atoms with Gasteiger partial charge in [-0.15, -0.1) is 0 Å². The number of carbonyl (C=O) groups excluding carboxylic acids is 1. The van der Waals surface area contributed by atoms with E-state index >= 15 is 0 Å². The quantitative estimate of drug-likeness (QED) is 0.272. The number of pyridine rings is 1. The molecule has 6 rings (SSSR count). The zero-order valence-electron chi connectivity index (χ0n) is 20.4. The lowest BCUT2D eigenvalue weighted by Crippen LogP contribution is -2.12. The third kappa shape index (κ3) is 5.69. The third-order valence-electron chi connectivity index (χ3n) is 5.75. The highest BCUT2D eigenvalue weighted by Gasteiger charge is 2.29. The number of para-hydroxylation sites is 1. The van der Waals surface area contributed by atoms with Crippen LogP contribution in [0.15, 0.2) is 77.7 Å². The fourth-order valence-electron chi connectivity index (χ4n) is 3.64. The van der Waals surface area contributed by atoms with Gasteiger partial charge in [-0.05, 0) is 55.3 Å². The molecule has 0 atom stereocenters. The first-order valence-electron chi connectivity index (χ1n) is 11.7. The summed E-state index contributed by atoms with van der Waals surface area (Å²) in [6.45, 7) is 0. The Hall–Kier alpha value is -4.86. The van der Waals surface area contributed by atoms with Crippen molar-refractivity contribution in [2.75, 3.05) is 24.9 Å². The Kier molecular flexibility index (Phi) is 6.98. The maximum Gasteiger partial charge on any atom is 0.237 e. The van der Waals surface area contributed by atoms with Crippen molar-refractivity contribution >= 4 is 34.0 Å². The van der Waals surface area contributed by atoms with Crippen molar-refractivity contribution in [1.29, 1.82) is 0 Å². The number of hydrogen-bond donors (Lipinski definition) is 3. The number of aromatic amines is 1. The van der Waals surface area contributed by atoms with E-state index in [0.29, 0.717) is 23.3 Å². The van der Waals surface area contributed by atoms with Gasteiger partial charge in [0, 0.05) is 23.2 Å². The Morgan fingerprint density at radius 2 is 1.86 bits per heavy atom. The number of fused-ring (bicyclic) bond motifs is 1. The van der Waals surface area contributed by atoms with E-state index in [9.17, 15) is 4.79 Å². The normalized spacial score (nSPS) is 12.4. The molecule has 3 heterocycles. The Bertz CT molecular complexity index is 1480. The lowest BCUT2D eigenvalue weighted by Gasteiger charge is -2.09. The molecule has 37 heavy (non-hydrogen) atoms. The number of oxazole rings is 1. The molecule has 0 aliphatic heterocycles. The van der Waals surface area contributed by atoms with E-state index in [-0.39, 0.29) is 11.8 Å². The van der Waals surface area contributed by atoms with Crippen LogP contribution in [0, 0.1) is 5.92 Å². The molecule has 0 radical (unpaired) electrons. The Morgan fingerprint density at radius 3 is 2.57 bits per heavy atom. The van der Waals surface area contributed by atoms with Gasteiger partial charge >= 0.3 is 0 Å². The first-order valence-corrected chi connectivity index (χ1v) is 11.7. The molecule has 3 aromatic heterocycles. The highest BCUT2D eigenvalue weighted by molar-refractivity contribution is 5.94. The minimum atomic E-state index is 0.134. The van der Waals surface area contributed by atoms with E-state index in [1.165, 1.54) is 6.26 Å². The second kappa shape index (κ2) is 10.8. The summed E-state index contributed by atoms with van der Waals surface area (Å²) >= 11 is 0. The molecule has 1 aliphatic rings. The van der Waals surface area contributed by atoms with E-state index in [1.807, 2.05) is 54.6 Å². The number of benzene rings is 2. The van der Waals surface area contributed by atoms with Crippen molar-refractivity contribution in [2.24, 2.45) is 5.92 Å². The van der Waals surface area contributed by atoms with E-state index < -0.39 is 0 Å². The maximum absolute atomic E-state index is 11.4. The lowest BCUT2D eigenvalue weighted by atomic mass is 10.2. The van der Waals surface area contributed by atoms with Crippen molar-refractivity contribution in [1.82, 2.24) is 20.2 Å². The van der Waals surface area contributed by atoms with E-state index in [2.05, 4.69) is 30.8 Å². The number of nitrogens with one attached hydrogen (secondary N) is 3. The first-order chi connectivity index (χ1) is 18.1. The molecular weight excluding hydrogens is 472 g/mol. The van der Waals surface area contributed by atoms with Gasteiger partial charge in [-0.3, -0.25) is 9.89 Å². The molecule has 10 heteroatoms. The van der Waals surface area contributed by atoms with Gasteiger partial charge in [-0.2, -0.15) is 5.10 Å². The minimum absolute atomic E-state index is 0.134. The topological polar surface area (TPSA) is 127 Å². The molecule has 2 aromatic carbocycles. The highest BCUT2D eigenvalue weighted by atomic mass is 16.5. The summed E-state index contributed by atoms with van der Waals surface area (Å²) in [5, 5.41) is 14.4. The van der Waals surface area contributed by atoms with Gasteiger partial charge in [0.05, 0.1) is 31.5 Å². The summed E-state index contributed by atoms with van der Waals surface area (Å²) < 4.78 is 15.6. The number of methoxy groups -OCH3 is 2. The van der Waals surface area contributed by atoms with E-state index in [4.69, 9.17) is 13.9 Å². The van der Waals surface area contributed by atoms with Crippen molar-refractivity contribution in [3.05, 3.63) is 73.3 Å². The standard InChI is InChI=1S/C16H13N5O2.C11H13NO2/c1-22-16-13(8-10(9-18-16)15-17-6-7-23-15)19-14-11-4-2-3-5-12(11)20-21-14;1-14-10-6-4-9(5-7-10)12-11(13)8-2-3-8/h2-9H,1H3,(H2,19,20,21);4-8H,2-3H2,1H3,(H,12,13). The molecular formula is C27H26N6O4. The Balaban J connectivity index is 0.000000171. The second-order valence-electron chi connectivity index (χ2n) is 8.35. The third-order valence-corrected chi connectivity index (χ3v) is 5.75. The van der Waals surface area contributed by atoms with Gasteiger partial charge in [-0.1, -0.05) is 12.1 Å². The van der Waals surface area contributed by atoms with Crippen molar-refractivity contribution in [2.45, 2.75) is 12.8 Å². The number of H-pyrrole nitrogens is 1. The molecule has 1 amide bonds. The number of nitrogens with zero attached hydrogens (tertiary/aromatic N) is 3. The number of hydrogen-bond acceptors (Lipinski definition) is 8. The first kappa shape index (κ1) is 23.9. The number of aromatic nitrogens is 4. The van der Waals surface area contributed by atoms with Crippen molar-refractivity contribution in [3.8, 4) is 23.1 Å². The van der Waals surface area contributed by atoms with Gasteiger partial charge in [0.15, 0.2) is 5.82 Å². The van der Waals surface area contributed by atoms with Gasteiger partial charge in [0.25, 0.3) is 0 Å². The van der Waals surface area contributed by atoms with Crippen LogP contribution in [0.2, 0.25) is 0 Å². The average Bonchev–Trinajstić information content (AvgIpc) is 3.50. The molecule has 10 nitrogen and oxygen atoms in total. The highest BCUT2D eigenvalue weighted by Crippen LogP contribution is 2.32. The van der Waals surface area contributed by atoms with Crippen LogP contribution in [0.4, 0.5) is 17.2 Å². The zero-order valence-corrected chi connectivity index (χ0v) is 20.4. The summed E-state index contributed by atoms with van der Waals surface area (Å²) in [6.07, 6.45) is 6.82. The Morgan fingerprint density at radius 1 is 1.05 bits per heavy atom. The van der Waals surface area contributed by atoms with Crippen LogP contribution in [-0.2, 0) is 4.79 Å². The molecule has 1 saturated carbocycles. The van der Waals surface area contributed by atoms with Crippen molar-refractivity contribution in [3.63, 3.8) is 0 Å². The summed E-state index contributed by atoms with van der Waals surface area (Å²) in [6, 6.07) is 17.1. The Labute approximate surface area is 213 Å². The summed E-state index contributed by atoms with van der Waals surface area (Å²) in [5.74, 6) is 2.84. The lowest BCUT2D eigenvalue weighted by molar-refractivity contribution is -0.117. The van der Waals surface area contributed by atoms with Crippen LogP contribution in [-0.4, -0.2) is 40.3 Å². The minimum Gasteiger partial charge on any atom is -0.497 e. The molecule has 1 fully saturated rings. The number of rotatable bonds is 7. The van der Waals surface area contributed by atoms with Gasteiger partial charge in [0.1, 0.15) is 17.7 Å². The zero-order chi connectivity index (χ0) is 25.6. The van der Waals surface area contributed by atoms with Crippen LogP contribution >= 0.6 is 0 Å². The number of ether oxygens (including phenoxy) is 2. The summed E-state index contributed by atoms with van der Waals surface area (Å²) in [5.41, 5.74) is 3.21. The largest absolute Gasteiger partial charge is 0.497 e. The maximum atomic E-state index is 11.4. The van der Waals surface area contributed by atoms with Gasteiger partial charge < -0.3 is 24.5 Å². The van der Waals surface area contributed by atoms with E-state index in [0.717, 1.165) is 40.7 Å². The van der Waals surface area contributed by atoms with Crippen LogP contribution in [0.5, 0.6) is 11.6 Å². The molecule has 0 bridgehead atoms. The summed E-state index contributed by atoms with van der Waals surface area (Å²) in [7, 11) is 3.19. The molecule has 5 aromatic rings. The van der Waals surface area contributed by atoms with Crippen LogP contribution in [0.25, 0.3) is 22.4 Å². The number of carbonyl (C=O) groups is 1. The monoisotopic (exact) mass is 498 g/mol. The predicted molar refractivity (Wildman–Crippen MR) is 140 cm³/mol. The fraction of sp³-hybridized carbons (Fsp3) is 0.185. The molecule has 0 unspecified atom stereocenters. The smallest absolute Gasteiger partial charge is 0.237 e. The van der Waals surface area contributed by atoms with Gasteiger partial charge in [0.2, 0.25) is 17.7 Å². The molecule has 0 saturated heterocycles. The second-order valence-corrected chi connectivity index (χ2v) is 8.35. The van der Waals surface area contributed by atoms with Crippen LogP contribution in [0.1, 0.15) is 12.8 Å². The van der Waals surface area contributed by atoms with Crippen LogP contribution in [0.3, 0.4) is 0 Å². The molecule has 0 spiro atoms. The van der Waals surface area contributed by atoms with Crippen molar-refractivity contribution < 1.29 is 18.7 Å². The fourth-order valence-corrected chi connectivity index (χ4v) is 3.64. The average molecular weight is 499 g/mol. The molecule has 3 N–H and O–H groups in total. The SMILES string of the molecule is COc1ccc(NC(=O)C2CC2)cc1.COc1ncc(-c2ncco2)cc1Nc1n[nH]c2ccccc12. The number of amides is 1. The van der Waals surface area contributed by atoms with Gasteiger partial charge in [-0.25, -0.2) is 9.97 Å². The molecule has 188 valence electrons. The van der Waals surface area contributed by atoms with E-state index in [1.54, 1.807) is 26.6 Å². The number of anilines is 3. The predicted octanol–water partition coefficient (Wildman–Crippen LogP) is 5.41. The van der Waals surface area contributed by atoms with Crippen LogP contribution < -0.4 is 20.1 Å². The molecule has 1 aliphatic carbocycles. The summed E-state index contributed by atoms with van der Waals surface area (Å²) in [4.78, 5) is 19.8.